The van der Waals surface area contributed by atoms with Crippen molar-refractivity contribution in [3.05, 3.63) is 35.4 Å². The van der Waals surface area contributed by atoms with Crippen molar-refractivity contribution < 1.29 is 0 Å². The van der Waals surface area contributed by atoms with Crippen LogP contribution >= 0.6 is 0 Å². The van der Waals surface area contributed by atoms with E-state index < -0.39 is 0 Å². The third-order valence-corrected chi connectivity index (χ3v) is 4.10. The van der Waals surface area contributed by atoms with Crippen LogP contribution in [0.3, 0.4) is 0 Å². The largest absolute Gasteiger partial charge is 0.323 e. The number of rotatable bonds is 8. The van der Waals surface area contributed by atoms with Crippen molar-refractivity contribution in [3.63, 3.8) is 0 Å². The molecular formula is C18H32N2. The summed E-state index contributed by atoms with van der Waals surface area (Å²) in [6.45, 7) is 13.2. The zero-order chi connectivity index (χ0) is 15.1. The Kier molecular flexibility index (Phi) is 7.25. The van der Waals surface area contributed by atoms with Crippen molar-refractivity contribution in [2.45, 2.75) is 59.5 Å². The van der Waals surface area contributed by atoms with Crippen LogP contribution in [0.5, 0.6) is 0 Å². The Bertz CT molecular complexity index is 370. The molecule has 0 aromatic heterocycles. The monoisotopic (exact) mass is 276 g/mol. The molecule has 0 aliphatic heterocycles. The molecule has 0 aliphatic carbocycles. The van der Waals surface area contributed by atoms with Gasteiger partial charge >= 0.3 is 0 Å². The maximum Gasteiger partial charge on any atom is 0.0424 e. The number of hydrogen-bond acceptors (Lipinski definition) is 2. The minimum Gasteiger partial charge on any atom is -0.323 e. The minimum absolute atomic E-state index is 0.108. The first-order valence-corrected chi connectivity index (χ1v) is 8.06. The van der Waals surface area contributed by atoms with Gasteiger partial charge in [-0.15, -0.1) is 0 Å². The van der Waals surface area contributed by atoms with Crippen LogP contribution in [-0.2, 0) is 6.42 Å². The summed E-state index contributed by atoms with van der Waals surface area (Å²) in [5.41, 5.74) is 9.03. The van der Waals surface area contributed by atoms with E-state index >= 15 is 0 Å². The Labute approximate surface area is 125 Å². The highest BCUT2D eigenvalue weighted by Crippen LogP contribution is 2.16. The van der Waals surface area contributed by atoms with Gasteiger partial charge in [-0.1, -0.05) is 52.0 Å². The zero-order valence-corrected chi connectivity index (χ0v) is 13.9. The lowest BCUT2D eigenvalue weighted by Crippen LogP contribution is -2.38. The van der Waals surface area contributed by atoms with Gasteiger partial charge in [0.25, 0.3) is 0 Å². The van der Waals surface area contributed by atoms with Crippen LogP contribution < -0.4 is 5.73 Å². The van der Waals surface area contributed by atoms with E-state index in [1.807, 2.05) is 0 Å². The molecule has 2 heteroatoms. The van der Waals surface area contributed by atoms with Crippen LogP contribution in [0.25, 0.3) is 0 Å². The first-order valence-electron chi connectivity index (χ1n) is 8.06. The maximum absolute atomic E-state index is 6.37. The Hall–Kier alpha value is -0.860. The van der Waals surface area contributed by atoms with Gasteiger partial charge < -0.3 is 5.73 Å². The van der Waals surface area contributed by atoms with E-state index in [2.05, 4.69) is 63.8 Å². The van der Waals surface area contributed by atoms with Crippen molar-refractivity contribution >= 4 is 0 Å². The van der Waals surface area contributed by atoms with Crippen molar-refractivity contribution in [2.75, 3.05) is 13.1 Å². The van der Waals surface area contributed by atoms with Crippen LogP contribution in [0, 0.1) is 5.92 Å². The molecule has 2 atom stereocenters. The van der Waals surface area contributed by atoms with Gasteiger partial charge in [-0.2, -0.15) is 0 Å². The molecule has 0 radical (unpaired) electrons. The number of nitrogens with two attached hydrogens (primary N) is 1. The second-order valence-corrected chi connectivity index (χ2v) is 6.29. The summed E-state index contributed by atoms with van der Waals surface area (Å²) < 4.78 is 0. The van der Waals surface area contributed by atoms with Gasteiger partial charge in [0, 0.05) is 18.6 Å². The molecule has 0 fully saturated rings. The lowest BCUT2D eigenvalue weighted by Gasteiger charge is -2.29. The SMILES string of the molecule is CCC(C)N(CC)CC(N)c1ccc(CC(C)C)cc1. The summed E-state index contributed by atoms with van der Waals surface area (Å²) in [5.74, 6) is 0.704. The van der Waals surface area contributed by atoms with E-state index in [0.717, 1.165) is 19.5 Å². The number of likely N-dealkylation sites (N-methyl/N-ethyl adjacent to an activating group) is 1. The van der Waals surface area contributed by atoms with Gasteiger partial charge in [0.05, 0.1) is 0 Å². The third-order valence-electron chi connectivity index (χ3n) is 4.10. The van der Waals surface area contributed by atoms with Crippen molar-refractivity contribution in [2.24, 2.45) is 11.7 Å². The molecule has 2 unspecified atom stereocenters. The molecule has 2 N–H and O–H groups in total. The summed E-state index contributed by atoms with van der Waals surface area (Å²) in [6.07, 6.45) is 2.32. The molecule has 0 saturated carbocycles. The van der Waals surface area contributed by atoms with E-state index in [9.17, 15) is 0 Å². The van der Waals surface area contributed by atoms with Gasteiger partial charge in [0.1, 0.15) is 0 Å². The Morgan fingerprint density at radius 1 is 1.05 bits per heavy atom. The Morgan fingerprint density at radius 2 is 1.65 bits per heavy atom. The number of benzene rings is 1. The molecule has 0 bridgehead atoms. The van der Waals surface area contributed by atoms with Crippen LogP contribution in [0.1, 0.15) is 58.2 Å². The molecular weight excluding hydrogens is 244 g/mol. The normalized spacial score (nSPS) is 14.8. The van der Waals surface area contributed by atoms with E-state index in [0.29, 0.717) is 12.0 Å². The Morgan fingerprint density at radius 3 is 2.10 bits per heavy atom. The molecule has 2 nitrogen and oxygen atoms in total. The predicted molar refractivity (Wildman–Crippen MR) is 88.9 cm³/mol. The van der Waals surface area contributed by atoms with Crippen LogP contribution in [-0.4, -0.2) is 24.0 Å². The topological polar surface area (TPSA) is 29.3 Å². The molecule has 0 saturated heterocycles. The highest BCUT2D eigenvalue weighted by molar-refractivity contribution is 5.25. The van der Waals surface area contributed by atoms with E-state index in [-0.39, 0.29) is 6.04 Å². The highest BCUT2D eigenvalue weighted by atomic mass is 15.2. The average Bonchev–Trinajstić information content (AvgIpc) is 2.43. The summed E-state index contributed by atoms with van der Waals surface area (Å²) in [4.78, 5) is 2.46. The van der Waals surface area contributed by atoms with Gasteiger partial charge in [-0.3, -0.25) is 4.90 Å². The summed E-state index contributed by atoms with van der Waals surface area (Å²) in [7, 11) is 0. The van der Waals surface area contributed by atoms with Crippen molar-refractivity contribution in [1.82, 2.24) is 4.90 Å². The molecule has 0 spiro atoms. The lowest BCUT2D eigenvalue weighted by molar-refractivity contribution is 0.202. The highest BCUT2D eigenvalue weighted by Gasteiger charge is 2.15. The Balaban J connectivity index is 2.64. The van der Waals surface area contributed by atoms with Gasteiger partial charge in [0.2, 0.25) is 0 Å². The quantitative estimate of drug-likeness (QED) is 0.777. The molecule has 0 aliphatic rings. The van der Waals surface area contributed by atoms with E-state index in [1.165, 1.54) is 17.5 Å². The first kappa shape index (κ1) is 17.2. The van der Waals surface area contributed by atoms with Crippen LogP contribution in [0.15, 0.2) is 24.3 Å². The average molecular weight is 276 g/mol. The molecule has 1 aromatic carbocycles. The summed E-state index contributed by atoms with van der Waals surface area (Å²) in [5, 5.41) is 0. The fraction of sp³-hybridized carbons (Fsp3) is 0.667. The van der Waals surface area contributed by atoms with E-state index in [4.69, 9.17) is 5.73 Å². The van der Waals surface area contributed by atoms with E-state index in [1.54, 1.807) is 0 Å². The fourth-order valence-electron chi connectivity index (χ4n) is 2.61. The summed E-state index contributed by atoms with van der Waals surface area (Å²) >= 11 is 0. The smallest absolute Gasteiger partial charge is 0.0424 e. The zero-order valence-electron chi connectivity index (χ0n) is 13.9. The van der Waals surface area contributed by atoms with Crippen LogP contribution in [0.4, 0.5) is 0 Å². The molecule has 20 heavy (non-hydrogen) atoms. The molecule has 0 heterocycles. The molecule has 114 valence electrons. The second kappa shape index (κ2) is 8.43. The lowest BCUT2D eigenvalue weighted by atomic mass is 9.99. The standard InChI is InChI=1S/C18H32N2/c1-6-15(5)20(7-2)13-18(19)17-10-8-16(9-11-17)12-14(3)4/h8-11,14-15,18H,6-7,12-13,19H2,1-5H3. The van der Waals surface area contributed by atoms with Crippen LogP contribution in [0.2, 0.25) is 0 Å². The molecule has 1 aromatic rings. The van der Waals surface area contributed by atoms with Gasteiger partial charge in [-0.25, -0.2) is 0 Å². The van der Waals surface area contributed by atoms with Crippen molar-refractivity contribution in [3.8, 4) is 0 Å². The third kappa shape index (κ3) is 5.26. The predicted octanol–water partition coefficient (Wildman–Crippen LogP) is 4.01. The summed E-state index contributed by atoms with van der Waals surface area (Å²) in [6, 6.07) is 9.58. The number of hydrogen-bond donors (Lipinski definition) is 1. The first-order chi connectivity index (χ1) is 9.47. The molecule has 1 rings (SSSR count). The number of nitrogens with zero attached hydrogens (tertiary/aromatic N) is 1. The maximum atomic E-state index is 6.37. The fourth-order valence-corrected chi connectivity index (χ4v) is 2.61. The molecule has 0 amide bonds. The second-order valence-electron chi connectivity index (χ2n) is 6.29. The minimum atomic E-state index is 0.108. The van der Waals surface area contributed by atoms with Gasteiger partial charge in [-0.05, 0) is 43.4 Å². The van der Waals surface area contributed by atoms with Gasteiger partial charge in [0.15, 0.2) is 0 Å². The van der Waals surface area contributed by atoms with Crippen molar-refractivity contribution in [1.29, 1.82) is 0 Å².